The van der Waals surface area contributed by atoms with E-state index < -0.39 is 23.0 Å². The van der Waals surface area contributed by atoms with Gasteiger partial charge >= 0.3 is 18.0 Å². The SMILES string of the molecule is C=CC(=O)OCCNC.C=CC1CC(C)(CC(C)(C)OCCCN(C)C(C)(C)OCC(COc2ccccc2)C(C)(C)OC(=O)NCCOC(=O)CC)CCC1CCNCC(C)(C)OCCCCC(C)C(C)OCC(COc1ccccc1)C(C)(C)OC=O.CC. The number of rotatable bonds is 46. The number of esters is 2. The van der Waals surface area contributed by atoms with Crippen molar-refractivity contribution in [3.05, 3.63) is 86.0 Å². The molecule has 0 bridgehead atoms. The normalized spacial score (nSPS) is 17.5. The second kappa shape index (κ2) is 44.5. The van der Waals surface area contributed by atoms with Crippen molar-refractivity contribution < 1.29 is 66.5 Å². The molecule has 0 saturated heterocycles. The monoisotopic (exact) mass is 1280 g/mol. The molecule has 0 aliphatic heterocycles. The number of nitrogens with zero attached hydrogens (tertiary/aromatic N) is 1. The highest BCUT2D eigenvalue weighted by molar-refractivity contribution is 5.81. The zero-order chi connectivity index (χ0) is 68.6. The summed E-state index contributed by atoms with van der Waals surface area (Å²) in [6.07, 6.45) is 12.5. The summed E-state index contributed by atoms with van der Waals surface area (Å²) < 4.78 is 59.3. The van der Waals surface area contributed by atoms with Gasteiger partial charge in [0.1, 0.15) is 41.6 Å². The van der Waals surface area contributed by atoms with Crippen LogP contribution in [0.1, 0.15) is 175 Å². The van der Waals surface area contributed by atoms with E-state index in [4.69, 9.17) is 42.6 Å². The molecule has 91 heavy (non-hydrogen) atoms. The fraction of sp³-hybridized carbons (Fsp3) is 0.726. The quantitative estimate of drug-likeness (QED) is 0.0107. The Morgan fingerprint density at radius 2 is 1.32 bits per heavy atom. The van der Waals surface area contributed by atoms with E-state index >= 15 is 0 Å². The molecular weight excluding hydrogens is 1160 g/mol. The lowest BCUT2D eigenvalue weighted by Gasteiger charge is -2.45. The van der Waals surface area contributed by atoms with Crippen LogP contribution in [0.4, 0.5) is 4.79 Å². The number of para-hydroxylation sites is 2. The molecule has 18 nitrogen and oxygen atoms in total. The Hall–Kier alpha value is -5.08. The lowest BCUT2D eigenvalue weighted by atomic mass is 9.62. The van der Waals surface area contributed by atoms with Gasteiger partial charge in [0, 0.05) is 45.3 Å². The van der Waals surface area contributed by atoms with Crippen LogP contribution in [0.2, 0.25) is 0 Å². The van der Waals surface area contributed by atoms with Gasteiger partial charge in [0.25, 0.3) is 6.47 Å². The molecule has 2 aromatic rings. The minimum atomic E-state index is -0.957. The molecule has 3 rings (SSSR count). The first kappa shape index (κ1) is 83.9. The molecular formula is C73H126N4O14. The third kappa shape index (κ3) is 36.2. The van der Waals surface area contributed by atoms with Gasteiger partial charge in [-0.15, -0.1) is 6.58 Å². The molecule has 522 valence electrons. The van der Waals surface area contributed by atoms with Gasteiger partial charge < -0.3 is 63.3 Å². The van der Waals surface area contributed by atoms with Crippen molar-refractivity contribution in [2.45, 2.75) is 209 Å². The summed E-state index contributed by atoms with van der Waals surface area (Å²) in [6, 6.07) is 19.2. The molecule has 0 heterocycles. The molecule has 1 fully saturated rings. The van der Waals surface area contributed by atoms with Crippen LogP contribution in [0, 0.1) is 35.0 Å². The first-order chi connectivity index (χ1) is 43.0. The van der Waals surface area contributed by atoms with E-state index in [2.05, 4.69) is 100 Å². The zero-order valence-electron chi connectivity index (χ0n) is 59.8. The Morgan fingerprint density at radius 1 is 0.736 bits per heavy atom. The average molecular weight is 1280 g/mol. The van der Waals surface area contributed by atoms with Crippen LogP contribution in [0.5, 0.6) is 11.5 Å². The van der Waals surface area contributed by atoms with E-state index in [1.165, 1.54) is 12.8 Å². The Labute approximate surface area is 551 Å². The summed E-state index contributed by atoms with van der Waals surface area (Å²) in [7, 11) is 3.85. The highest BCUT2D eigenvalue weighted by atomic mass is 16.6. The van der Waals surface area contributed by atoms with Crippen LogP contribution in [-0.4, -0.2) is 163 Å². The smallest absolute Gasteiger partial charge is 0.407 e. The van der Waals surface area contributed by atoms with Gasteiger partial charge in [0.05, 0.1) is 62.1 Å². The topological polar surface area (TPSA) is 200 Å². The standard InChI is InChI=1S/C65H109N3O12.C6H11NO2.C2H6/c1-17-52-42-65(15,35-33-53(52)34-36-66-48-61(7,8)77-39-26-25-28-50(3)51(4)73-43-54(62(9,10)79-49-69)44-74-56-29-21-19-22-30-56)47-60(5,6)76-40-27-38-68(16)64(13,14)78-46-55(45-75-57-31-23-20-24-32-57)63(11,12)80-59(71)67-37-41-72-58(70)18-2;1-3-6(8)9-5-4-7-2;1-2/h17,19-24,29-32,49-55,66H,1,18,25-28,33-48H2,2-16H3,(H,67,71);3,7H,1,4-5H2,2H3;1-2H3. The average Bonchev–Trinajstić information content (AvgIpc) is 1.46. The lowest BCUT2D eigenvalue weighted by Crippen LogP contribution is -2.49. The summed E-state index contributed by atoms with van der Waals surface area (Å²) in [5.74, 6) is 1.76. The van der Waals surface area contributed by atoms with Crippen molar-refractivity contribution in [2.75, 3.05) is 99.7 Å². The molecule has 1 aliphatic carbocycles. The van der Waals surface area contributed by atoms with Crippen LogP contribution in [0.15, 0.2) is 86.0 Å². The molecule has 7 atom stereocenters. The number of amides is 1. The minimum Gasteiger partial charge on any atom is -0.493 e. The Balaban J connectivity index is 0.00000344. The number of carbonyl (C=O) groups is 4. The molecule has 1 aliphatic rings. The highest BCUT2D eigenvalue weighted by Crippen LogP contribution is 2.48. The molecule has 7 unspecified atom stereocenters. The summed E-state index contributed by atoms with van der Waals surface area (Å²) in [6.45, 7) is 47.5. The van der Waals surface area contributed by atoms with Crippen molar-refractivity contribution in [1.29, 1.82) is 0 Å². The van der Waals surface area contributed by atoms with Gasteiger partial charge in [-0.25, -0.2) is 9.59 Å². The van der Waals surface area contributed by atoms with Gasteiger partial charge in [0.15, 0.2) is 0 Å². The van der Waals surface area contributed by atoms with E-state index in [0.29, 0.717) is 69.6 Å². The molecule has 1 saturated carbocycles. The number of allylic oxidation sites excluding steroid dienone is 1. The second-order valence-electron chi connectivity index (χ2n) is 27.0. The maximum absolute atomic E-state index is 12.8. The predicted octanol–water partition coefficient (Wildman–Crippen LogP) is 13.6. The summed E-state index contributed by atoms with van der Waals surface area (Å²) in [4.78, 5) is 48.1. The lowest BCUT2D eigenvalue weighted by molar-refractivity contribution is -0.155. The molecule has 0 aromatic heterocycles. The van der Waals surface area contributed by atoms with Gasteiger partial charge in [-0.3, -0.25) is 14.5 Å². The number of nitrogens with one attached hydrogen (secondary N) is 3. The van der Waals surface area contributed by atoms with Crippen molar-refractivity contribution in [2.24, 2.45) is 35.0 Å². The molecule has 0 radical (unpaired) electrons. The summed E-state index contributed by atoms with van der Waals surface area (Å²) in [5, 5.41) is 9.24. The van der Waals surface area contributed by atoms with Crippen LogP contribution in [-0.2, 0) is 52.3 Å². The largest absolute Gasteiger partial charge is 0.493 e. The van der Waals surface area contributed by atoms with E-state index in [9.17, 15) is 19.2 Å². The maximum Gasteiger partial charge on any atom is 0.407 e. The maximum atomic E-state index is 12.8. The van der Waals surface area contributed by atoms with E-state index in [1.54, 1.807) is 14.0 Å². The van der Waals surface area contributed by atoms with E-state index in [-0.39, 0.29) is 79.3 Å². The van der Waals surface area contributed by atoms with Crippen LogP contribution < -0.4 is 25.4 Å². The third-order valence-corrected chi connectivity index (χ3v) is 17.2. The van der Waals surface area contributed by atoms with E-state index in [1.807, 2.05) is 116 Å². The van der Waals surface area contributed by atoms with Gasteiger partial charge in [-0.05, 0) is 196 Å². The number of hydrogen-bond acceptors (Lipinski definition) is 17. The predicted molar refractivity (Wildman–Crippen MR) is 365 cm³/mol. The fourth-order valence-electron chi connectivity index (χ4n) is 10.7. The van der Waals surface area contributed by atoms with Crippen LogP contribution in [0.25, 0.3) is 0 Å². The van der Waals surface area contributed by atoms with Crippen molar-refractivity contribution >= 4 is 24.5 Å². The number of hydrogen-bond donors (Lipinski definition) is 3. The Kier molecular flexibility index (Phi) is 41.0. The molecule has 3 N–H and O–H groups in total. The molecule has 18 heteroatoms. The number of likely N-dealkylation sites (N-methyl/N-ethyl adjacent to an activating group) is 1. The van der Waals surface area contributed by atoms with Crippen molar-refractivity contribution in [3.63, 3.8) is 0 Å². The van der Waals surface area contributed by atoms with Crippen molar-refractivity contribution in [3.8, 4) is 11.5 Å². The van der Waals surface area contributed by atoms with Gasteiger partial charge in [0.2, 0.25) is 0 Å². The molecule has 1 amide bonds. The van der Waals surface area contributed by atoms with Gasteiger partial charge in [-0.1, -0.05) is 90.1 Å². The number of benzene rings is 2. The second-order valence-corrected chi connectivity index (χ2v) is 27.0. The summed E-state index contributed by atoms with van der Waals surface area (Å²) in [5.41, 5.74) is -2.71. The van der Waals surface area contributed by atoms with Crippen molar-refractivity contribution in [1.82, 2.24) is 20.9 Å². The molecule has 0 spiro atoms. The Bertz CT molecular complexity index is 2280. The van der Waals surface area contributed by atoms with Gasteiger partial charge in [-0.2, -0.15) is 0 Å². The zero-order valence-corrected chi connectivity index (χ0v) is 59.8. The first-order valence-corrected chi connectivity index (χ1v) is 33.6. The highest BCUT2D eigenvalue weighted by Gasteiger charge is 2.41. The molecule has 2 aromatic carbocycles. The first-order valence-electron chi connectivity index (χ1n) is 33.6. The number of alkyl carbamates (subject to hydrolysis) is 1. The summed E-state index contributed by atoms with van der Waals surface area (Å²) >= 11 is 0. The minimum absolute atomic E-state index is 0.0444. The Morgan fingerprint density at radius 3 is 1.89 bits per heavy atom. The van der Waals surface area contributed by atoms with Crippen LogP contribution in [0.3, 0.4) is 0 Å². The number of ether oxygens (including phenoxy) is 10. The van der Waals surface area contributed by atoms with Crippen LogP contribution >= 0.6 is 0 Å². The number of carbonyl (C=O) groups excluding carboxylic acids is 4. The third-order valence-electron chi connectivity index (χ3n) is 17.2. The number of unbranched alkanes of at least 4 members (excludes halogenated alkanes) is 1. The fourth-order valence-corrected chi connectivity index (χ4v) is 10.7. The van der Waals surface area contributed by atoms with E-state index in [0.717, 1.165) is 76.4 Å².